The summed E-state index contributed by atoms with van der Waals surface area (Å²) in [5.74, 6) is -1.03. The SMILES string of the molecule is CN(CC(=O)OCc1ccccc1)C(=O)[C@@H]1C[C@@H](S)CN1S(=O)(=O)c1ccc2ccccc2c1. The first kappa shape index (κ1) is 24.3. The Morgan fingerprint density at radius 3 is 2.44 bits per heavy atom. The molecule has 1 fully saturated rings. The number of carbonyl (C=O) groups is 2. The molecule has 0 unspecified atom stereocenters. The van der Waals surface area contributed by atoms with Crippen LogP contribution < -0.4 is 0 Å². The molecule has 1 amide bonds. The lowest BCUT2D eigenvalue weighted by molar-refractivity contribution is -0.150. The van der Waals surface area contributed by atoms with Crippen molar-refractivity contribution in [2.75, 3.05) is 20.1 Å². The van der Waals surface area contributed by atoms with Gasteiger partial charge in [-0.25, -0.2) is 8.42 Å². The lowest BCUT2D eigenvalue weighted by Gasteiger charge is -2.27. The number of sulfonamides is 1. The zero-order chi connectivity index (χ0) is 24.3. The van der Waals surface area contributed by atoms with E-state index in [4.69, 9.17) is 4.74 Å². The molecule has 1 aliphatic heterocycles. The minimum absolute atomic E-state index is 0.103. The first-order chi connectivity index (χ1) is 16.3. The van der Waals surface area contributed by atoms with E-state index in [2.05, 4.69) is 12.6 Å². The molecule has 9 heteroatoms. The lowest BCUT2D eigenvalue weighted by atomic mass is 10.1. The molecule has 34 heavy (non-hydrogen) atoms. The van der Waals surface area contributed by atoms with Crippen LogP contribution in [-0.4, -0.2) is 60.9 Å². The van der Waals surface area contributed by atoms with Gasteiger partial charge in [-0.2, -0.15) is 16.9 Å². The number of hydrogen-bond acceptors (Lipinski definition) is 6. The topological polar surface area (TPSA) is 84.0 Å². The highest BCUT2D eigenvalue weighted by atomic mass is 32.2. The summed E-state index contributed by atoms with van der Waals surface area (Å²) >= 11 is 4.45. The number of esters is 1. The average molecular weight is 499 g/mol. The van der Waals surface area contributed by atoms with Crippen molar-refractivity contribution in [3.63, 3.8) is 0 Å². The van der Waals surface area contributed by atoms with Crippen LogP contribution in [-0.2, 0) is 31.0 Å². The van der Waals surface area contributed by atoms with Crippen LogP contribution in [0.25, 0.3) is 10.8 Å². The maximum atomic E-state index is 13.5. The van der Waals surface area contributed by atoms with E-state index < -0.39 is 27.9 Å². The lowest BCUT2D eigenvalue weighted by Crippen LogP contribution is -2.47. The number of carbonyl (C=O) groups excluding carboxylic acids is 2. The Balaban J connectivity index is 1.47. The second kappa shape index (κ2) is 10.2. The van der Waals surface area contributed by atoms with Gasteiger partial charge in [-0.3, -0.25) is 9.59 Å². The molecule has 4 rings (SSSR count). The van der Waals surface area contributed by atoms with Crippen molar-refractivity contribution in [2.45, 2.75) is 29.2 Å². The third kappa shape index (κ3) is 5.27. The van der Waals surface area contributed by atoms with Gasteiger partial charge in [-0.05, 0) is 34.9 Å². The van der Waals surface area contributed by atoms with Crippen LogP contribution in [0.5, 0.6) is 0 Å². The number of nitrogens with zero attached hydrogens (tertiary/aromatic N) is 2. The van der Waals surface area contributed by atoms with Gasteiger partial charge >= 0.3 is 5.97 Å². The van der Waals surface area contributed by atoms with Gasteiger partial charge in [0.2, 0.25) is 15.9 Å². The Labute approximate surface area is 204 Å². The third-order valence-corrected chi connectivity index (χ3v) is 8.08. The van der Waals surface area contributed by atoms with Crippen molar-refractivity contribution in [1.82, 2.24) is 9.21 Å². The Morgan fingerprint density at radius 2 is 1.71 bits per heavy atom. The monoisotopic (exact) mass is 498 g/mol. The summed E-state index contributed by atoms with van der Waals surface area (Å²) in [7, 11) is -2.47. The highest BCUT2D eigenvalue weighted by molar-refractivity contribution is 7.89. The number of rotatable bonds is 7. The number of ether oxygens (including phenoxy) is 1. The third-order valence-electron chi connectivity index (χ3n) is 5.83. The molecular formula is C25H26N2O5S2. The first-order valence-electron chi connectivity index (χ1n) is 10.9. The molecule has 1 heterocycles. The van der Waals surface area contributed by atoms with Gasteiger partial charge in [0.25, 0.3) is 0 Å². The molecule has 3 aromatic rings. The maximum Gasteiger partial charge on any atom is 0.325 e. The minimum atomic E-state index is -3.94. The molecule has 0 aromatic heterocycles. The molecule has 0 radical (unpaired) electrons. The summed E-state index contributed by atoms with van der Waals surface area (Å²) in [5.41, 5.74) is 0.839. The van der Waals surface area contributed by atoms with E-state index in [9.17, 15) is 18.0 Å². The number of hydrogen-bond donors (Lipinski definition) is 1. The summed E-state index contributed by atoms with van der Waals surface area (Å²) in [6, 6.07) is 20.7. The molecule has 7 nitrogen and oxygen atoms in total. The maximum absolute atomic E-state index is 13.5. The molecule has 0 N–H and O–H groups in total. The number of thiol groups is 1. The van der Waals surface area contributed by atoms with Crippen LogP contribution >= 0.6 is 12.6 Å². The van der Waals surface area contributed by atoms with Gasteiger partial charge < -0.3 is 9.64 Å². The fourth-order valence-electron chi connectivity index (χ4n) is 4.05. The van der Waals surface area contributed by atoms with E-state index in [0.717, 1.165) is 16.3 Å². The minimum Gasteiger partial charge on any atom is -0.459 e. The first-order valence-corrected chi connectivity index (χ1v) is 12.8. The fourth-order valence-corrected chi connectivity index (χ4v) is 6.21. The van der Waals surface area contributed by atoms with E-state index in [1.54, 1.807) is 18.2 Å². The van der Waals surface area contributed by atoms with E-state index in [1.807, 2.05) is 54.6 Å². The Bertz CT molecular complexity index is 1300. The van der Waals surface area contributed by atoms with Crippen molar-refractivity contribution in [2.24, 2.45) is 0 Å². The molecule has 0 saturated carbocycles. The molecule has 3 aromatic carbocycles. The fraction of sp³-hybridized carbons (Fsp3) is 0.280. The van der Waals surface area contributed by atoms with Crippen molar-refractivity contribution in [3.05, 3.63) is 78.4 Å². The van der Waals surface area contributed by atoms with Gasteiger partial charge in [0.05, 0.1) is 4.90 Å². The molecule has 0 aliphatic carbocycles. The molecule has 2 atom stereocenters. The number of fused-ring (bicyclic) bond motifs is 1. The second-order valence-electron chi connectivity index (χ2n) is 8.33. The Kier molecular flexibility index (Phi) is 7.25. The highest BCUT2D eigenvalue weighted by Crippen LogP contribution is 2.31. The van der Waals surface area contributed by atoms with Gasteiger partial charge in [0.15, 0.2) is 0 Å². The summed E-state index contributed by atoms with van der Waals surface area (Å²) in [6.45, 7) is -0.0590. The zero-order valence-electron chi connectivity index (χ0n) is 18.7. The van der Waals surface area contributed by atoms with Crippen molar-refractivity contribution in [3.8, 4) is 0 Å². The number of amides is 1. The summed E-state index contributed by atoms with van der Waals surface area (Å²) < 4.78 is 33.4. The predicted octanol–water partition coefficient (Wildman–Crippen LogP) is 3.10. The molecular weight excluding hydrogens is 472 g/mol. The molecule has 1 saturated heterocycles. The Morgan fingerprint density at radius 1 is 1.03 bits per heavy atom. The quantitative estimate of drug-likeness (QED) is 0.400. The molecule has 178 valence electrons. The van der Waals surface area contributed by atoms with Gasteiger partial charge in [0.1, 0.15) is 19.2 Å². The standard InChI is InChI=1S/C25H26N2O5S2/c1-26(16-24(28)32-17-18-7-3-2-4-8-18)25(29)23-14-21(33)15-27(23)34(30,31)22-12-11-19-9-5-6-10-20(19)13-22/h2-13,21,23,33H,14-17H2,1H3/t21-,23+/m1/s1. The molecule has 0 bridgehead atoms. The highest BCUT2D eigenvalue weighted by Gasteiger charge is 2.44. The van der Waals surface area contributed by atoms with Crippen molar-refractivity contribution in [1.29, 1.82) is 0 Å². The predicted molar refractivity (Wildman–Crippen MR) is 133 cm³/mol. The summed E-state index contributed by atoms with van der Waals surface area (Å²) in [6.07, 6.45) is 0.262. The van der Waals surface area contributed by atoms with E-state index in [0.29, 0.717) is 0 Å². The summed E-state index contributed by atoms with van der Waals surface area (Å²) in [5, 5.41) is 1.44. The van der Waals surface area contributed by atoms with Gasteiger partial charge in [-0.1, -0.05) is 60.7 Å². The van der Waals surface area contributed by atoms with E-state index in [-0.39, 0.29) is 36.3 Å². The van der Waals surface area contributed by atoms with E-state index in [1.165, 1.54) is 16.3 Å². The second-order valence-corrected chi connectivity index (χ2v) is 11.0. The van der Waals surface area contributed by atoms with Crippen molar-refractivity contribution >= 4 is 45.3 Å². The average Bonchev–Trinajstić information content (AvgIpc) is 3.25. The smallest absolute Gasteiger partial charge is 0.325 e. The van der Waals surface area contributed by atoms with Gasteiger partial charge in [0, 0.05) is 18.8 Å². The zero-order valence-corrected chi connectivity index (χ0v) is 20.4. The largest absolute Gasteiger partial charge is 0.459 e. The normalized spacial score (nSPS) is 18.6. The Hall–Kier alpha value is -2.88. The van der Waals surface area contributed by atoms with E-state index >= 15 is 0 Å². The number of benzene rings is 3. The van der Waals surface area contributed by atoms with Crippen LogP contribution in [0.4, 0.5) is 0 Å². The number of likely N-dealkylation sites (N-methyl/N-ethyl adjacent to an activating group) is 1. The van der Waals surface area contributed by atoms with Crippen LogP contribution in [0.2, 0.25) is 0 Å². The van der Waals surface area contributed by atoms with Gasteiger partial charge in [-0.15, -0.1) is 0 Å². The molecule has 0 spiro atoms. The van der Waals surface area contributed by atoms with Crippen LogP contribution in [0.3, 0.4) is 0 Å². The molecule has 1 aliphatic rings. The van der Waals surface area contributed by atoms with Crippen LogP contribution in [0, 0.1) is 0 Å². The van der Waals surface area contributed by atoms with Crippen LogP contribution in [0.1, 0.15) is 12.0 Å². The van der Waals surface area contributed by atoms with Crippen LogP contribution in [0.15, 0.2) is 77.7 Å². The summed E-state index contributed by atoms with van der Waals surface area (Å²) in [4.78, 5) is 26.8. The van der Waals surface area contributed by atoms with Crippen molar-refractivity contribution < 1.29 is 22.7 Å².